The molecule has 2 heteroatoms. The Hall–Kier alpha value is -0.370. The van der Waals surface area contributed by atoms with Crippen LogP contribution in [0.15, 0.2) is 0 Å². The first-order valence-corrected chi connectivity index (χ1v) is 9.15. The average Bonchev–Trinajstić information content (AvgIpc) is 3.01. The van der Waals surface area contributed by atoms with Gasteiger partial charge in [0, 0.05) is 17.3 Å². The van der Waals surface area contributed by atoms with Gasteiger partial charge in [-0.05, 0) is 74.0 Å². The number of carbonyl (C=O) groups is 1. The predicted octanol–water partition coefficient (Wildman–Crippen LogP) is 3.57. The quantitative estimate of drug-likeness (QED) is 0.740. The van der Waals surface area contributed by atoms with Gasteiger partial charge in [-0.3, -0.25) is 4.79 Å². The van der Waals surface area contributed by atoms with Crippen LogP contribution >= 0.6 is 0 Å². The Balaban J connectivity index is 1.57. The van der Waals surface area contributed by atoms with Crippen molar-refractivity contribution in [1.82, 2.24) is 0 Å². The normalized spacial score (nSPS) is 64.5. The Bertz CT molecular complexity index is 528. The molecule has 0 amide bonds. The Labute approximate surface area is 127 Å². The average molecular weight is 288 g/mol. The minimum absolute atomic E-state index is 0.0523. The van der Waals surface area contributed by atoms with Gasteiger partial charge in [-0.15, -0.1) is 0 Å². The van der Waals surface area contributed by atoms with Crippen molar-refractivity contribution < 1.29 is 9.90 Å². The van der Waals surface area contributed by atoms with E-state index in [1.807, 2.05) is 0 Å². The third-order valence-electron chi connectivity index (χ3n) is 9.28. The molecule has 0 aromatic carbocycles. The molecule has 0 heterocycles. The molecule has 0 saturated heterocycles. The first-order valence-electron chi connectivity index (χ1n) is 9.15. The fourth-order valence-corrected chi connectivity index (χ4v) is 8.08. The largest absolute Gasteiger partial charge is 0.393 e. The Morgan fingerprint density at radius 3 is 2.67 bits per heavy atom. The van der Waals surface area contributed by atoms with Crippen LogP contribution in [0.2, 0.25) is 0 Å². The highest BCUT2D eigenvalue weighted by atomic mass is 16.3. The fraction of sp³-hybridized carbons (Fsp3) is 0.947. The van der Waals surface area contributed by atoms with Gasteiger partial charge in [0.15, 0.2) is 0 Å². The predicted molar refractivity (Wildman–Crippen MR) is 80.6 cm³/mol. The maximum atomic E-state index is 12.4. The van der Waals surface area contributed by atoms with Crippen LogP contribution in [0.1, 0.15) is 65.2 Å². The summed E-state index contributed by atoms with van der Waals surface area (Å²) in [6.07, 6.45) is 9.10. The number of aliphatic hydroxyl groups is 1. The lowest BCUT2D eigenvalue weighted by Crippen LogP contribution is -2.56. The fourth-order valence-electron chi connectivity index (χ4n) is 8.08. The number of carbonyl (C=O) groups excluding carboxylic acids is 1. The van der Waals surface area contributed by atoms with Crippen molar-refractivity contribution in [3.05, 3.63) is 0 Å². The summed E-state index contributed by atoms with van der Waals surface area (Å²) in [5.74, 6) is 3.28. The van der Waals surface area contributed by atoms with Gasteiger partial charge >= 0.3 is 0 Å². The van der Waals surface area contributed by atoms with Gasteiger partial charge < -0.3 is 5.11 Å². The van der Waals surface area contributed by atoms with Gasteiger partial charge in [-0.1, -0.05) is 13.8 Å². The van der Waals surface area contributed by atoms with Crippen LogP contribution in [0, 0.1) is 39.9 Å². The smallest absolute Gasteiger partial charge is 0.139 e. The lowest BCUT2D eigenvalue weighted by molar-refractivity contribution is -0.154. The summed E-state index contributed by atoms with van der Waals surface area (Å²) < 4.78 is 0. The lowest BCUT2D eigenvalue weighted by atomic mass is 9.46. The van der Waals surface area contributed by atoms with Crippen LogP contribution in [-0.2, 0) is 4.79 Å². The summed E-state index contributed by atoms with van der Waals surface area (Å²) in [6, 6.07) is 0. The molecule has 116 valence electrons. The van der Waals surface area contributed by atoms with Gasteiger partial charge in [-0.25, -0.2) is 0 Å². The number of hydrogen-bond donors (Lipinski definition) is 1. The zero-order valence-electron chi connectivity index (χ0n) is 13.4. The molecule has 5 saturated carbocycles. The van der Waals surface area contributed by atoms with Crippen molar-refractivity contribution >= 4 is 5.78 Å². The molecule has 2 nitrogen and oxygen atoms in total. The summed E-state index contributed by atoms with van der Waals surface area (Å²) in [6.45, 7) is 4.73. The minimum atomic E-state index is -0.0886. The molecule has 21 heavy (non-hydrogen) atoms. The van der Waals surface area contributed by atoms with E-state index in [0.717, 1.165) is 37.5 Å². The van der Waals surface area contributed by atoms with Crippen LogP contribution in [0.25, 0.3) is 0 Å². The molecule has 5 aliphatic carbocycles. The molecule has 0 radical (unpaired) electrons. The van der Waals surface area contributed by atoms with E-state index < -0.39 is 0 Å². The monoisotopic (exact) mass is 288 g/mol. The van der Waals surface area contributed by atoms with Crippen molar-refractivity contribution in [3.8, 4) is 0 Å². The molecule has 0 aromatic rings. The third kappa shape index (κ3) is 1.22. The van der Waals surface area contributed by atoms with E-state index in [1.165, 1.54) is 25.7 Å². The van der Waals surface area contributed by atoms with Crippen LogP contribution < -0.4 is 0 Å². The molecular formula is C19H28O2. The molecule has 0 bridgehead atoms. The number of fused-ring (bicyclic) bond motifs is 4. The molecule has 8 atom stereocenters. The van der Waals surface area contributed by atoms with Crippen molar-refractivity contribution in [3.63, 3.8) is 0 Å². The van der Waals surface area contributed by atoms with Gasteiger partial charge in [0.2, 0.25) is 0 Å². The van der Waals surface area contributed by atoms with E-state index in [1.54, 1.807) is 0 Å². The summed E-state index contributed by atoms with van der Waals surface area (Å²) in [5, 5.41) is 11.0. The van der Waals surface area contributed by atoms with E-state index in [4.69, 9.17) is 0 Å². The highest BCUT2D eigenvalue weighted by molar-refractivity contribution is 5.87. The molecular weight excluding hydrogens is 260 g/mol. The zero-order chi connectivity index (χ0) is 14.6. The van der Waals surface area contributed by atoms with Crippen molar-refractivity contribution in [2.45, 2.75) is 71.3 Å². The Morgan fingerprint density at radius 2 is 1.90 bits per heavy atom. The number of rotatable bonds is 0. The van der Waals surface area contributed by atoms with Crippen molar-refractivity contribution in [1.29, 1.82) is 0 Å². The molecule has 0 aliphatic heterocycles. The maximum absolute atomic E-state index is 12.4. The second-order valence-corrected chi connectivity index (χ2v) is 9.44. The maximum Gasteiger partial charge on any atom is 0.139 e. The van der Waals surface area contributed by atoms with E-state index in [2.05, 4.69) is 13.8 Å². The molecule has 0 aromatic heterocycles. The van der Waals surface area contributed by atoms with E-state index >= 15 is 0 Å². The van der Waals surface area contributed by atoms with Crippen molar-refractivity contribution in [2.75, 3.05) is 0 Å². The van der Waals surface area contributed by atoms with Crippen molar-refractivity contribution in [2.24, 2.45) is 39.9 Å². The van der Waals surface area contributed by atoms with E-state index in [-0.39, 0.29) is 16.9 Å². The second kappa shape index (κ2) is 3.58. The molecule has 5 fully saturated rings. The van der Waals surface area contributed by atoms with Gasteiger partial charge in [-0.2, -0.15) is 0 Å². The summed E-state index contributed by atoms with van der Waals surface area (Å²) in [5.41, 5.74) is 0.598. The van der Waals surface area contributed by atoms with E-state index in [9.17, 15) is 9.90 Å². The molecule has 8 unspecified atom stereocenters. The van der Waals surface area contributed by atoms with Crippen LogP contribution in [0.3, 0.4) is 0 Å². The molecule has 5 rings (SSSR count). The highest BCUT2D eigenvalue weighted by Crippen LogP contribution is 2.81. The lowest BCUT2D eigenvalue weighted by Gasteiger charge is -2.59. The van der Waals surface area contributed by atoms with Crippen LogP contribution in [-0.4, -0.2) is 17.0 Å². The SMILES string of the molecule is CC12CCC3C(CC(O)C45CC4CCC35C)C1CCC2=O. The summed E-state index contributed by atoms with van der Waals surface area (Å²) in [7, 11) is 0. The first kappa shape index (κ1) is 13.1. The van der Waals surface area contributed by atoms with E-state index in [0.29, 0.717) is 23.0 Å². The first-order chi connectivity index (χ1) is 9.93. The molecule has 5 aliphatic rings. The number of ketones is 1. The minimum Gasteiger partial charge on any atom is -0.393 e. The summed E-state index contributed by atoms with van der Waals surface area (Å²) in [4.78, 5) is 12.4. The van der Waals surface area contributed by atoms with Crippen LogP contribution in [0.4, 0.5) is 0 Å². The Kier molecular flexibility index (Phi) is 2.23. The highest BCUT2D eigenvalue weighted by Gasteiger charge is 2.77. The standard InChI is InChI=1S/C19H28O2/c1-17-7-6-14-12(13(17)3-4-15(17)20)9-16(21)19-10-11(19)5-8-18(14,19)2/h11-14,16,21H,3-10H2,1-2H3. The third-order valence-corrected chi connectivity index (χ3v) is 9.28. The second-order valence-electron chi connectivity index (χ2n) is 9.44. The Morgan fingerprint density at radius 1 is 1.10 bits per heavy atom. The molecule has 1 N–H and O–H groups in total. The van der Waals surface area contributed by atoms with Gasteiger partial charge in [0.1, 0.15) is 5.78 Å². The zero-order valence-corrected chi connectivity index (χ0v) is 13.4. The topological polar surface area (TPSA) is 37.3 Å². The van der Waals surface area contributed by atoms with Crippen LogP contribution in [0.5, 0.6) is 0 Å². The molecule has 1 spiro atoms. The number of Topliss-reactive ketones (excluding diaryl/α,β-unsaturated/α-hetero) is 1. The summed E-state index contributed by atoms with van der Waals surface area (Å²) >= 11 is 0. The van der Waals surface area contributed by atoms with Gasteiger partial charge in [0.05, 0.1) is 6.10 Å². The van der Waals surface area contributed by atoms with Gasteiger partial charge in [0.25, 0.3) is 0 Å². The number of hydrogen-bond acceptors (Lipinski definition) is 2. The number of aliphatic hydroxyl groups excluding tert-OH is 1.